The van der Waals surface area contributed by atoms with Gasteiger partial charge in [-0.2, -0.15) is 8.78 Å². The summed E-state index contributed by atoms with van der Waals surface area (Å²) in [5.41, 5.74) is 0.671. The van der Waals surface area contributed by atoms with Gasteiger partial charge in [0.1, 0.15) is 11.6 Å². The zero-order valence-corrected chi connectivity index (χ0v) is 16.2. The molecule has 0 spiro atoms. The summed E-state index contributed by atoms with van der Waals surface area (Å²) < 4.78 is 31.9. The third-order valence-corrected chi connectivity index (χ3v) is 4.77. The van der Waals surface area contributed by atoms with Gasteiger partial charge in [0, 0.05) is 33.2 Å². The molecule has 0 amide bonds. The van der Waals surface area contributed by atoms with E-state index in [1.54, 1.807) is 25.2 Å². The minimum absolute atomic E-state index is 0.132. The molecular formula is C18H25F2N7O. The van der Waals surface area contributed by atoms with E-state index in [0.29, 0.717) is 24.7 Å². The van der Waals surface area contributed by atoms with Crippen LogP contribution in [0.15, 0.2) is 29.3 Å². The summed E-state index contributed by atoms with van der Waals surface area (Å²) in [7, 11) is 3.62. The Morgan fingerprint density at radius 1 is 1.36 bits per heavy atom. The fourth-order valence-electron chi connectivity index (χ4n) is 3.17. The number of ether oxygens (including phenoxy) is 1. The third-order valence-electron chi connectivity index (χ3n) is 4.77. The maximum absolute atomic E-state index is 12.6. The Kier molecular flexibility index (Phi) is 6.27. The van der Waals surface area contributed by atoms with Gasteiger partial charge in [-0.25, -0.2) is 0 Å². The van der Waals surface area contributed by atoms with Gasteiger partial charge in [0.05, 0.1) is 12.2 Å². The second kappa shape index (κ2) is 8.85. The van der Waals surface area contributed by atoms with E-state index in [0.717, 1.165) is 24.6 Å². The maximum atomic E-state index is 12.6. The summed E-state index contributed by atoms with van der Waals surface area (Å²) in [6.07, 6.45) is 0.854. The lowest BCUT2D eigenvalue weighted by Gasteiger charge is -2.22. The summed E-state index contributed by atoms with van der Waals surface area (Å²) in [5.74, 6) is 2.50. The fraction of sp³-hybridized carbons (Fsp3) is 0.500. The van der Waals surface area contributed by atoms with Gasteiger partial charge < -0.3 is 24.8 Å². The number of aromatic nitrogens is 3. The summed E-state index contributed by atoms with van der Waals surface area (Å²) in [4.78, 5) is 6.29. The number of guanidine groups is 1. The molecule has 1 atom stereocenters. The van der Waals surface area contributed by atoms with Gasteiger partial charge in [-0.15, -0.1) is 10.2 Å². The smallest absolute Gasteiger partial charge is 0.387 e. The second-order valence-electron chi connectivity index (χ2n) is 6.57. The van der Waals surface area contributed by atoms with Crippen LogP contribution in [0.4, 0.5) is 14.5 Å². The zero-order valence-electron chi connectivity index (χ0n) is 16.2. The number of nitrogens with one attached hydrogen (secondary N) is 2. The highest BCUT2D eigenvalue weighted by atomic mass is 19.3. The van der Waals surface area contributed by atoms with Gasteiger partial charge >= 0.3 is 6.61 Å². The van der Waals surface area contributed by atoms with Crippen LogP contribution in [0.2, 0.25) is 0 Å². The summed E-state index contributed by atoms with van der Waals surface area (Å²) in [6.45, 7) is 0.948. The fourth-order valence-corrected chi connectivity index (χ4v) is 3.17. The molecule has 2 aromatic rings. The highest BCUT2D eigenvalue weighted by molar-refractivity contribution is 5.80. The quantitative estimate of drug-likeness (QED) is 0.574. The molecule has 8 nitrogen and oxygen atoms in total. The van der Waals surface area contributed by atoms with Gasteiger partial charge in [0.25, 0.3) is 0 Å². The third kappa shape index (κ3) is 4.68. The molecule has 152 valence electrons. The highest BCUT2D eigenvalue weighted by Crippen LogP contribution is 2.31. The Bertz CT molecular complexity index is 824. The van der Waals surface area contributed by atoms with Gasteiger partial charge in [-0.1, -0.05) is 12.1 Å². The van der Waals surface area contributed by atoms with Crippen molar-refractivity contribution in [2.75, 3.05) is 25.0 Å². The highest BCUT2D eigenvalue weighted by Gasteiger charge is 2.26. The lowest BCUT2D eigenvalue weighted by molar-refractivity contribution is -0.0495. The number of halogens is 2. The molecule has 1 aliphatic rings. The van der Waals surface area contributed by atoms with Crippen LogP contribution in [0.1, 0.15) is 18.1 Å². The molecule has 0 bridgehead atoms. The van der Waals surface area contributed by atoms with Crippen molar-refractivity contribution in [2.45, 2.75) is 32.5 Å². The van der Waals surface area contributed by atoms with Crippen molar-refractivity contribution >= 4 is 11.6 Å². The van der Waals surface area contributed by atoms with E-state index < -0.39 is 6.61 Å². The topological polar surface area (TPSA) is 79.6 Å². The average molecular weight is 393 g/mol. The number of rotatable bonds is 6. The van der Waals surface area contributed by atoms with Crippen LogP contribution in [0.5, 0.6) is 5.75 Å². The molecular weight excluding hydrogens is 368 g/mol. The van der Waals surface area contributed by atoms with Crippen molar-refractivity contribution in [2.24, 2.45) is 12.0 Å². The molecule has 1 fully saturated rings. The molecule has 0 saturated carbocycles. The van der Waals surface area contributed by atoms with E-state index in [1.807, 2.05) is 29.5 Å². The Morgan fingerprint density at radius 3 is 2.82 bits per heavy atom. The number of nitrogens with zero attached hydrogens (tertiary/aromatic N) is 5. The SMILES string of the molecule is CN=C(NCc1nnc(C)n1C)NC1CCN(c2ccccc2OC(F)F)C1. The number of anilines is 1. The Labute approximate surface area is 162 Å². The van der Waals surface area contributed by atoms with Crippen LogP contribution in [-0.2, 0) is 13.6 Å². The Balaban J connectivity index is 1.57. The van der Waals surface area contributed by atoms with E-state index in [4.69, 9.17) is 0 Å². The number of alkyl halides is 2. The van der Waals surface area contributed by atoms with Gasteiger partial charge in [0.2, 0.25) is 0 Å². The lowest BCUT2D eigenvalue weighted by atomic mass is 10.2. The van der Waals surface area contributed by atoms with Crippen LogP contribution in [0.3, 0.4) is 0 Å². The molecule has 2 N–H and O–H groups in total. The maximum Gasteiger partial charge on any atom is 0.387 e. The Hall–Kier alpha value is -2.91. The lowest BCUT2D eigenvalue weighted by Crippen LogP contribution is -2.44. The monoisotopic (exact) mass is 393 g/mol. The van der Waals surface area contributed by atoms with Gasteiger partial charge in [-0.3, -0.25) is 4.99 Å². The van der Waals surface area contributed by atoms with Crippen LogP contribution >= 0.6 is 0 Å². The number of aryl methyl sites for hydroxylation is 1. The first-order valence-electron chi connectivity index (χ1n) is 9.08. The van der Waals surface area contributed by atoms with E-state index in [-0.39, 0.29) is 11.8 Å². The average Bonchev–Trinajstić information content (AvgIpc) is 3.26. The molecule has 1 unspecified atom stereocenters. The number of aliphatic imine (C=N–C) groups is 1. The minimum atomic E-state index is -2.84. The first-order valence-corrected chi connectivity index (χ1v) is 9.08. The molecule has 2 heterocycles. The van der Waals surface area contributed by atoms with Gasteiger partial charge in [0.15, 0.2) is 11.8 Å². The predicted molar refractivity (Wildman–Crippen MR) is 103 cm³/mol. The van der Waals surface area contributed by atoms with Crippen molar-refractivity contribution in [3.63, 3.8) is 0 Å². The molecule has 1 saturated heterocycles. The van der Waals surface area contributed by atoms with E-state index >= 15 is 0 Å². The molecule has 1 aliphatic heterocycles. The Morgan fingerprint density at radius 2 is 2.14 bits per heavy atom. The van der Waals surface area contributed by atoms with E-state index in [9.17, 15) is 8.78 Å². The van der Waals surface area contributed by atoms with Crippen molar-refractivity contribution in [1.29, 1.82) is 0 Å². The van der Waals surface area contributed by atoms with Gasteiger partial charge in [-0.05, 0) is 25.5 Å². The number of hydrogen-bond acceptors (Lipinski definition) is 5. The molecule has 10 heteroatoms. The zero-order chi connectivity index (χ0) is 20.1. The molecule has 28 heavy (non-hydrogen) atoms. The molecule has 0 radical (unpaired) electrons. The number of hydrogen-bond donors (Lipinski definition) is 2. The summed E-state index contributed by atoms with van der Waals surface area (Å²) in [5, 5.41) is 14.8. The van der Waals surface area contributed by atoms with E-state index in [2.05, 4.69) is 30.6 Å². The standard InChI is InChI=1S/C18H25F2N7O/c1-12-24-25-16(26(12)3)10-22-18(21-2)23-13-8-9-27(11-13)14-6-4-5-7-15(14)28-17(19)20/h4-7,13,17H,8-11H2,1-3H3,(H2,21,22,23). The second-order valence-corrected chi connectivity index (χ2v) is 6.57. The summed E-state index contributed by atoms with van der Waals surface area (Å²) >= 11 is 0. The van der Waals surface area contributed by atoms with Crippen LogP contribution < -0.4 is 20.3 Å². The normalized spacial score (nSPS) is 17.3. The van der Waals surface area contributed by atoms with Crippen LogP contribution in [0, 0.1) is 6.92 Å². The number of para-hydroxylation sites is 2. The van der Waals surface area contributed by atoms with Crippen molar-refractivity contribution < 1.29 is 13.5 Å². The first-order chi connectivity index (χ1) is 13.5. The van der Waals surface area contributed by atoms with Crippen molar-refractivity contribution in [3.8, 4) is 5.75 Å². The predicted octanol–water partition coefficient (Wildman–Crippen LogP) is 1.67. The molecule has 1 aromatic carbocycles. The van der Waals surface area contributed by atoms with E-state index in [1.165, 1.54) is 0 Å². The first kappa shape index (κ1) is 19.8. The van der Waals surface area contributed by atoms with Crippen LogP contribution in [-0.4, -0.2) is 53.5 Å². The molecule has 1 aromatic heterocycles. The minimum Gasteiger partial charge on any atom is -0.433 e. The largest absolute Gasteiger partial charge is 0.433 e. The summed E-state index contributed by atoms with van der Waals surface area (Å²) in [6, 6.07) is 6.99. The van der Waals surface area contributed by atoms with Crippen molar-refractivity contribution in [3.05, 3.63) is 35.9 Å². The van der Waals surface area contributed by atoms with Crippen molar-refractivity contribution in [1.82, 2.24) is 25.4 Å². The van der Waals surface area contributed by atoms with Crippen LogP contribution in [0.25, 0.3) is 0 Å². The number of benzene rings is 1. The molecule has 0 aliphatic carbocycles. The molecule has 3 rings (SSSR count).